The van der Waals surface area contributed by atoms with Gasteiger partial charge in [0.1, 0.15) is 0 Å². The molecule has 1 amide bonds. The van der Waals surface area contributed by atoms with E-state index in [1.807, 2.05) is 48.7 Å². The van der Waals surface area contributed by atoms with Crippen molar-refractivity contribution in [2.75, 3.05) is 17.3 Å². The van der Waals surface area contributed by atoms with Gasteiger partial charge < -0.3 is 5.32 Å². The lowest BCUT2D eigenvalue weighted by Gasteiger charge is -2.04. The van der Waals surface area contributed by atoms with Crippen molar-refractivity contribution in [2.45, 2.75) is 9.50 Å². The average Bonchev–Trinajstić information content (AvgIpc) is 3.15. The molecule has 0 unspecified atom stereocenters. The molecule has 0 radical (unpaired) electrons. The minimum Gasteiger partial charge on any atom is -0.325 e. The summed E-state index contributed by atoms with van der Waals surface area (Å²) in [7, 11) is 0. The molecule has 1 N–H and O–H groups in total. The predicted octanol–water partition coefficient (Wildman–Crippen LogP) is 5.16. The van der Waals surface area contributed by atoms with E-state index in [-0.39, 0.29) is 5.91 Å². The fourth-order valence-corrected chi connectivity index (χ4v) is 4.11. The van der Waals surface area contributed by atoms with Gasteiger partial charge in [-0.25, -0.2) is 4.98 Å². The Bertz CT molecular complexity index is 877. The van der Waals surface area contributed by atoms with E-state index in [4.69, 9.17) is 0 Å². The van der Waals surface area contributed by atoms with Crippen LogP contribution in [-0.2, 0) is 4.79 Å². The first-order valence-electron chi connectivity index (χ1n) is 7.86. The van der Waals surface area contributed by atoms with E-state index in [1.54, 1.807) is 0 Å². The van der Waals surface area contributed by atoms with Crippen LogP contribution in [-0.4, -0.2) is 27.3 Å². The third kappa shape index (κ3) is 5.72. The van der Waals surface area contributed by atoms with E-state index < -0.39 is 0 Å². The van der Waals surface area contributed by atoms with E-state index in [1.165, 1.54) is 35.1 Å². The van der Waals surface area contributed by atoms with Gasteiger partial charge in [-0.3, -0.25) is 4.79 Å². The fraction of sp³-hybridized carbons (Fsp3) is 0.105. The SMILES string of the molecule is CSc1nsc(SCC(=O)Nc2ccc(/C=C/c3ccccc3)cc2)n1. The number of aromatic nitrogens is 2. The van der Waals surface area contributed by atoms with E-state index in [0.29, 0.717) is 5.75 Å². The Morgan fingerprint density at radius 2 is 1.77 bits per heavy atom. The molecule has 0 aliphatic carbocycles. The van der Waals surface area contributed by atoms with Crippen molar-refractivity contribution >= 4 is 58.8 Å². The second-order valence-electron chi connectivity index (χ2n) is 5.25. The molecule has 0 aliphatic heterocycles. The maximum absolute atomic E-state index is 12.1. The standard InChI is InChI=1S/C19H17N3OS3/c1-24-18-21-19(26-22-18)25-13-17(23)20-16-11-9-15(10-12-16)8-7-14-5-3-2-4-6-14/h2-12H,13H2,1H3,(H,20,23)/b8-7+. The molecule has 4 nitrogen and oxygen atoms in total. The highest BCUT2D eigenvalue weighted by Gasteiger charge is 2.08. The second-order valence-corrected chi connectivity index (χ2v) is 8.00. The molecule has 26 heavy (non-hydrogen) atoms. The molecule has 132 valence electrons. The van der Waals surface area contributed by atoms with E-state index in [0.717, 1.165) is 26.3 Å². The highest BCUT2D eigenvalue weighted by Crippen LogP contribution is 2.23. The van der Waals surface area contributed by atoms with Gasteiger partial charge in [0, 0.05) is 5.69 Å². The summed E-state index contributed by atoms with van der Waals surface area (Å²) in [6.07, 6.45) is 6.05. The number of carbonyl (C=O) groups is 1. The first kappa shape index (κ1) is 18.7. The van der Waals surface area contributed by atoms with Crippen LogP contribution in [0, 0.1) is 0 Å². The summed E-state index contributed by atoms with van der Waals surface area (Å²) in [4.78, 5) is 16.4. The molecule has 0 fully saturated rings. The number of amides is 1. The number of rotatable bonds is 7. The summed E-state index contributed by atoms with van der Waals surface area (Å²) in [5.41, 5.74) is 3.03. The topological polar surface area (TPSA) is 54.9 Å². The van der Waals surface area contributed by atoms with Gasteiger partial charge in [-0.15, -0.1) is 0 Å². The van der Waals surface area contributed by atoms with Crippen LogP contribution in [0.25, 0.3) is 12.2 Å². The van der Waals surface area contributed by atoms with Crippen LogP contribution < -0.4 is 5.32 Å². The van der Waals surface area contributed by atoms with Crippen LogP contribution in [0.2, 0.25) is 0 Å². The van der Waals surface area contributed by atoms with Crippen LogP contribution in [0.15, 0.2) is 64.1 Å². The lowest BCUT2D eigenvalue weighted by molar-refractivity contribution is -0.113. The van der Waals surface area contributed by atoms with Crippen molar-refractivity contribution in [1.29, 1.82) is 0 Å². The van der Waals surface area contributed by atoms with Crippen LogP contribution in [0.4, 0.5) is 5.69 Å². The molecule has 2 aromatic carbocycles. The summed E-state index contributed by atoms with van der Waals surface area (Å²) >= 11 is 4.22. The summed E-state index contributed by atoms with van der Waals surface area (Å²) < 4.78 is 4.99. The molecule has 7 heteroatoms. The molecule has 1 aromatic heterocycles. The number of thioether (sulfide) groups is 2. The van der Waals surface area contributed by atoms with Gasteiger partial charge in [0.2, 0.25) is 11.1 Å². The van der Waals surface area contributed by atoms with Crippen molar-refractivity contribution < 1.29 is 4.79 Å². The monoisotopic (exact) mass is 399 g/mol. The largest absolute Gasteiger partial charge is 0.325 e. The highest BCUT2D eigenvalue weighted by molar-refractivity contribution is 8.01. The Morgan fingerprint density at radius 3 is 2.42 bits per heavy atom. The van der Waals surface area contributed by atoms with Gasteiger partial charge in [0.25, 0.3) is 0 Å². The summed E-state index contributed by atoms with van der Waals surface area (Å²) in [6, 6.07) is 17.9. The Morgan fingerprint density at radius 1 is 1.08 bits per heavy atom. The van der Waals surface area contributed by atoms with Crippen molar-refractivity contribution in [3.8, 4) is 0 Å². The predicted molar refractivity (Wildman–Crippen MR) is 113 cm³/mol. The second kappa shape index (κ2) is 9.56. The summed E-state index contributed by atoms with van der Waals surface area (Å²) in [6.45, 7) is 0. The minimum atomic E-state index is -0.0523. The van der Waals surface area contributed by atoms with E-state index in [2.05, 4.69) is 39.0 Å². The van der Waals surface area contributed by atoms with Gasteiger partial charge in [-0.05, 0) is 41.0 Å². The Hall–Kier alpha value is -2.09. The average molecular weight is 400 g/mol. The molecular weight excluding hydrogens is 382 g/mol. The normalized spacial score (nSPS) is 11.0. The number of nitrogens with zero attached hydrogens (tertiary/aromatic N) is 2. The Kier molecular flexibility index (Phi) is 6.88. The Labute approximate surface area is 165 Å². The molecule has 3 rings (SSSR count). The molecule has 0 bridgehead atoms. The van der Waals surface area contributed by atoms with Crippen LogP contribution in [0.3, 0.4) is 0 Å². The van der Waals surface area contributed by atoms with E-state index in [9.17, 15) is 4.79 Å². The Balaban J connectivity index is 1.50. The molecule has 0 aliphatic rings. The van der Waals surface area contributed by atoms with Gasteiger partial charge in [0.15, 0.2) is 4.34 Å². The van der Waals surface area contributed by atoms with Crippen molar-refractivity contribution in [3.05, 3.63) is 65.7 Å². The summed E-state index contributed by atoms with van der Waals surface area (Å²) in [5, 5.41) is 3.65. The molecule has 0 spiro atoms. The van der Waals surface area contributed by atoms with Crippen molar-refractivity contribution in [2.24, 2.45) is 0 Å². The van der Waals surface area contributed by atoms with Gasteiger partial charge in [0.05, 0.1) is 5.75 Å². The first-order valence-corrected chi connectivity index (χ1v) is 10.8. The zero-order chi connectivity index (χ0) is 18.2. The van der Waals surface area contributed by atoms with Crippen molar-refractivity contribution in [1.82, 2.24) is 9.36 Å². The number of hydrogen-bond donors (Lipinski definition) is 1. The van der Waals surface area contributed by atoms with Gasteiger partial charge >= 0.3 is 0 Å². The maximum Gasteiger partial charge on any atom is 0.234 e. The third-order valence-corrected chi connectivity index (χ3v) is 5.86. The number of anilines is 1. The van der Waals surface area contributed by atoms with Crippen LogP contribution in [0.1, 0.15) is 11.1 Å². The minimum absolute atomic E-state index is 0.0523. The van der Waals surface area contributed by atoms with Crippen LogP contribution >= 0.6 is 35.1 Å². The van der Waals surface area contributed by atoms with Gasteiger partial charge in [-0.1, -0.05) is 78.1 Å². The highest BCUT2D eigenvalue weighted by atomic mass is 32.2. The molecule has 0 saturated carbocycles. The molecule has 3 aromatic rings. The lowest BCUT2D eigenvalue weighted by atomic mass is 10.1. The fourth-order valence-electron chi connectivity index (χ4n) is 2.10. The van der Waals surface area contributed by atoms with Gasteiger partial charge in [-0.2, -0.15) is 4.37 Å². The number of nitrogens with one attached hydrogen (secondary N) is 1. The zero-order valence-corrected chi connectivity index (χ0v) is 16.5. The molecule has 1 heterocycles. The van der Waals surface area contributed by atoms with Crippen LogP contribution in [0.5, 0.6) is 0 Å². The van der Waals surface area contributed by atoms with E-state index >= 15 is 0 Å². The smallest absolute Gasteiger partial charge is 0.234 e. The first-order chi connectivity index (χ1) is 12.7. The van der Waals surface area contributed by atoms with Crippen molar-refractivity contribution in [3.63, 3.8) is 0 Å². The zero-order valence-electron chi connectivity index (χ0n) is 14.1. The quantitative estimate of drug-likeness (QED) is 0.439. The maximum atomic E-state index is 12.1. The molecule has 0 saturated heterocycles. The molecule has 0 atom stereocenters. The molecular formula is C19H17N3OS3. The number of hydrogen-bond acceptors (Lipinski definition) is 6. The summed E-state index contributed by atoms with van der Waals surface area (Å²) in [5.74, 6) is 0.266. The third-order valence-electron chi connectivity index (χ3n) is 3.36. The lowest BCUT2D eigenvalue weighted by Crippen LogP contribution is -2.13. The number of carbonyl (C=O) groups excluding carboxylic acids is 1. The number of benzene rings is 2.